The predicted octanol–water partition coefficient (Wildman–Crippen LogP) is 1.69. The van der Waals surface area contributed by atoms with Gasteiger partial charge in [0.1, 0.15) is 5.76 Å². The molecule has 1 aromatic carbocycles. The molecule has 0 fully saturated rings. The molecular formula is C14H17N3O2. The van der Waals surface area contributed by atoms with E-state index in [1.165, 1.54) is 0 Å². The van der Waals surface area contributed by atoms with Crippen LogP contribution in [0.3, 0.4) is 0 Å². The summed E-state index contributed by atoms with van der Waals surface area (Å²) in [6.45, 7) is 2.10. The molecule has 0 saturated heterocycles. The molecule has 1 amide bonds. The normalized spacial score (nSPS) is 12.1. The minimum atomic E-state index is -0.299. The number of oxazole rings is 1. The molecule has 0 saturated carbocycles. The van der Waals surface area contributed by atoms with Crippen molar-refractivity contribution in [3.63, 3.8) is 0 Å². The molecule has 0 aliphatic carbocycles. The lowest BCUT2D eigenvalue weighted by atomic mass is 10.0. The van der Waals surface area contributed by atoms with E-state index in [1.54, 1.807) is 6.20 Å². The summed E-state index contributed by atoms with van der Waals surface area (Å²) in [6, 6.07) is 9.25. The molecule has 0 aliphatic rings. The standard InChI is InChI=1S/C14H17N3O2/c1-10-8-17-14(19-10)9-16-13(18)7-12(15)11-5-3-2-4-6-11/h2-6,8,12H,7,9,15H2,1H3,(H,16,18). The zero-order valence-corrected chi connectivity index (χ0v) is 10.8. The van der Waals surface area contributed by atoms with Gasteiger partial charge in [-0.25, -0.2) is 4.98 Å². The van der Waals surface area contributed by atoms with E-state index in [4.69, 9.17) is 10.2 Å². The quantitative estimate of drug-likeness (QED) is 0.856. The Labute approximate surface area is 111 Å². The van der Waals surface area contributed by atoms with E-state index < -0.39 is 0 Å². The van der Waals surface area contributed by atoms with Crippen molar-refractivity contribution in [3.8, 4) is 0 Å². The number of carbonyl (C=O) groups excluding carboxylic acids is 1. The highest BCUT2D eigenvalue weighted by Crippen LogP contribution is 2.13. The van der Waals surface area contributed by atoms with Crippen LogP contribution in [0.1, 0.15) is 29.7 Å². The van der Waals surface area contributed by atoms with Crippen LogP contribution in [0, 0.1) is 6.92 Å². The Morgan fingerprint density at radius 2 is 2.16 bits per heavy atom. The van der Waals surface area contributed by atoms with Crippen molar-refractivity contribution in [1.82, 2.24) is 10.3 Å². The maximum atomic E-state index is 11.7. The fraction of sp³-hybridized carbons (Fsp3) is 0.286. The Kier molecular flexibility index (Phi) is 4.30. The maximum Gasteiger partial charge on any atom is 0.222 e. The van der Waals surface area contributed by atoms with Crippen molar-refractivity contribution in [1.29, 1.82) is 0 Å². The lowest BCUT2D eigenvalue weighted by Gasteiger charge is -2.11. The second-order valence-electron chi connectivity index (χ2n) is 4.36. The van der Waals surface area contributed by atoms with E-state index in [0.717, 1.165) is 11.3 Å². The topological polar surface area (TPSA) is 81.2 Å². The Hall–Kier alpha value is -2.14. The van der Waals surface area contributed by atoms with Gasteiger partial charge in [0.05, 0.1) is 12.7 Å². The van der Waals surface area contributed by atoms with Gasteiger partial charge in [0, 0.05) is 12.5 Å². The van der Waals surface area contributed by atoms with Crippen LogP contribution in [-0.2, 0) is 11.3 Å². The number of hydrogen-bond acceptors (Lipinski definition) is 4. The monoisotopic (exact) mass is 259 g/mol. The first-order valence-electron chi connectivity index (χ1n) is 6.13. The summed E-state index contributed by atoms with van der Waals surface area (Å²) in [7, 11) is 0. The first kappa shape index (κ1) is 13.3. The third kappa shape index (κ3) is 3.93. The van der Waals surface area contributed by atoms with Gasteiger partial charge in [0.25, 0.3) is 0 Å². The number of nitrogens with two attached hydrogens (primary N) is 1. The molecule has 0 radical (unpaired) electrons. The van der Waals surface area contributed by atoms with E-state index in [-0.39, 0.29) is 24.9 Å². The van der Waals surface area contributed by atoms with Crippen molar-refractivity contribution < 1.29 is 9.21 Å². The summed E-state index contributed by atoms with van der Waals surface area (Å²) >= 11 is 0. The van der Waals surface area contributed by atoms with Crippen molar-refractivity contribution in [3.05, 3.63) is 53.7 Å². The minimum absolute atomic E-state index is 0.118. The highest BCUT2D eigenvalue weighted by Gasteiger charge is 2.11. The zero-order valence-electron chi connectivity index (χ0n) is 10.8. The van der Waals surface area contributed by atoms with Crippen molar-refractivity contribution in [2.45, 2.75) is 25.9 Å². The van der Waals surface area contributed by atoms with Crippen LogP contribution >= 0.6 is 0 Å². The van der Waals surface area contributed by atoms with Crippen molar-refractivity contribution in [2.24, 2.45) is 5.73 Å². The van der Waals surface area contributed by atoms with Crippen LogP contribution in [-0.4, -0.2) is 10.9 Å². The third-order valence-corrected chi connectivity index (χ3v) is 2.74. The van der Waals surface area contributed by atoms with Crippen LogP contribution in [0.15, 0.2) is 40.9 Å². The number of nitrogens with zero attached hydrogens (tertiary/aromatic N) is 1. The van der Waals surface area contributed by atoms with E-state index >= 15 is 0 Å². The molecule has 5 heteroatoms. The lowest BCUT2D eigenvalue weighted by molar-refractivity contribution is -0.121. The molecule has 3 N–H and O–H groups in total. The summed E-state index contributed by atoms with van der Waals surface area (Å²) in [6.07, 6.45) is 1.86. The first-order valence-corrected chi connectivity index (χ1v) is 6.13. The number of aryl methyl sites for hydroxylation is 1. The molecule has 2 aromatic rings. The maximum absolute atomic E-state index is 11.7. The Morgan fingerprint density at radius 1 is 1.42 bits per heavy atom. The van der Waals surface area contributed by atoms with Gasteiger partial charge >= 0.3 is 0 Å². The van der Waals surface area contributed by atoms with E-state index in [1.807, 2.05) is 37.3 Å². The smallest absolute Gasteiger partial charge is 0.222 e. The van der Waals surface area contributed by atoms with Crippen LogP contribution in [0.2, 0.25) is 0 Å². The summed E-state index contributed by atoms with van der Waals surface area (Å²) in [5, 5.41) is 2.74. The molecule has 100 valence electrons. The fourth-order valence-corrected chi connectivity index (χ4v) is 1.75. The molecule has 1 unspecified atom stereocenters. The Balaban J connectivity index is 1.81. The highest BCUT2D eigenvalue weighted by molar-refractivity contribution is 5.76. The van der Waals surface area contributed by atoms with Gasteiger partial charge in [-0.3, -0.25) is 4.79 Å². The Bertz CT molecular complexity index is 537. The highest BCUT2D eigenvalue weighted by atomic mass is 16.4. The Morgan fingerprint density at radius 3 is 2.79 bits per heavy atom. The first-order chi connectivity index (χ1) is 9.15. The molecule has 1 heterocycles. The zero-order chi connectivity index (χ0) is 13.7. The number of rotatable bonds is 5. The van der Waals surface area contributed by atoms with Crippen LogP contribution in [0.4, 0.5) is 0 Å². The average Bonchev–Trinajstić information content (AvgIpc) is 2.83. The van der Waals surface area contributed by atoms with Crippen LogP contribution in [0.25, 0.3) is 0 Å². The van der Waals surface area contributed by atoms with Gasteiger partial charge in [-0.2, -0.15) is 0 Å². The van der Waals surface area contributed by atoms with E-state index in [0.29, 0.717) is 5.89 Å². The number of hydrogen-bond donors (Lipinski definition) is 2. The second kappa shape index (κ2) is 6.15. The lowest BCUT2D eigenvalue weighted by Crippen LogP contribution is -2.27. The molecule has 0 spiro atoms. The third-order valence-electron chi connectivity index (χ3n) is 2.74. The number of carbonyl (C=O) groups is 1. The fourth-order valence-electron chi connectivity index (χ4n) is 1.75. The molecule has 2 rings (SSSR count). The molecule has 1 aromatic heterocycles. The summed E-state index contributed by atoms with van der Waals surface area (Å²) in [5.41, 5.74) is 6.92. The number of amides is 1. The molecule has 1 atom stereocenters. The van der Waals surface area contributed by atoms with Crippen molar-refractivity contribution in [2.75, 3.05) is 0 Å². The van der Waals surface area contributed by atoms with Gasteiger partial charge in [-0.1, -0.05) is 30.3 Å². The molecule has 19 heavy (non-hydrogen) atoms. The van der Waals surface area contributed by atoms with E-state index in [9.17, 15) is 4.79 Å². The molecular weight excluding hydrogens is 242 g/mol. The number of nitrogens with one attached hydrogen (secondary N) is 1. The second-order valence-corrected chi connectivity index (χ2v) is 4.36. The largest absolute Gasteiger partial charge is 0.444 e. The van der Waals surface area contributed by atoms with Gasteiger partial charge in [0.15, 0.2) is 0 Å². The van der Waals surface area contributed by atoms with Gasteiger partial charge in [-0.05, 0) is 12.5 Å². The summed E-state index contributed by atoms with van der Waals surface area (Å²) in [5.74, 6) is 1.11. The van der Waals surface area contributed by atoms with Gasteiger partial charge in [-0.15, -0.1) is 0 Å². The number of aromatic nitrogens is 1. The van der Waals surface area contributed by atoms with Gasteiger partial charge in [0.2, 0.25) is 11.8 Å². The SMILES string of the molecule is Cc1cnc(CNC(=O)CC(N)c2ccccc2)o1. The summed E-state index contributed by atoms with van der Waals surface area (Å²) < 4.78 is 5.27. The minimum Gasteiger partial charge on any atom is -0.444 e. The van der Waals surface area contributed by atoms with Gasteiger partial charge < -0.3 is 15.5 Å². The van der Waals surface area contributed by atoms with Crippen LogP contribution in [0.5, 0.6) is 0 Å². The average molecular weight is 259 g/mol. The molecule has 0 aliphatic heterocycles. The molecule has 0 bridgehead atoms. The van der Waals surface area contributed by atoms with E-state index in [2.05, 4.69) is 10.3 Å². The summed E-state index contributed by atoms with van der Waals surface area (Å²) in [4.78, 5) is 15.8. The molecule has 5 nitrogen and oxygen atoms in total. The predicted molar refractivity (Wildman–Crippen MR) is 71.1 cm³/mol. The van der Waals surface area contributed by atoms with Crippen LogP contribution < -0.4 is 11.1 Å². The number of benzene rings is 1. The van der Waals surface area contributed by atoms with Crippen molar-refractivity contribution >= 4 is 5.91 Å².